The standard InChI is InChI=1S/C52H39N/c1-51(2)44-23-11-6-19-38(44)42-30-28-35(32-48(42)51)53(50-27-15-10-18-37(50)34-16-4-3-5-17-34)36-29-31-43-41-22-9-14-26-47(41)52(49(43)33-36)45-24-12-7-20-39(45)40-21-8-13-25-46(40)52/h3-27,29-33,35H,28H2,1-2H3. The molecule has 0 amide bonds. The van der Waals surface area contributed by atoms with Crippen LogP contribution < -0.4 is 4.90 Å². The number of para-hydroxylation sites is 1. The summed E-state index contributed by atoms with van der Waals surface area (Å²) in [7, 11) is 0. The minimum atomic E-state index is -0.396. The van der Waals surface area contributed by atoms with Gasteiger partial charge < -0.3 is 4.90 Å². The highest BCUT2D eigenvalue weighted by atomic mass is 15.2. The van der Waals surface area contributed by atoms with Gasteiger partial charge in [-0.1, -0.05) is 178 Å². The number of nitrogens with zero attached hydrogens (tertiary/aromatic N) is 1. The van der Waals surface area contributed by atoms with Crippen molar-refractivity contribution in [2.75, 3.05) is 4.90 Å². The monoisotopic (exact) mass is 677 g/mol. The highest BCUT2D eigenvalue weighted by Gasteiger charge is 2.52. The van der Waals surface area contributed by atoms with Crippen molar-refractivity contribution in [3.63, 3.8) is 0 Å². The molecule has 0 radical (unpaired) electrons. The maximum atomic E-state index is 2.64. The van der Waals surface area contributed by atoms with Crippen molar-refractivity contribution in [2.45, 2.75) is 37.1 Å². The first kappa shape index (κ1) is 30.4. The molecule has 0 N–H and O–H groups in total. The first-order valence-corrected chi connectivity index (χ1v) is 19.0. The van der Waals surface area contributed by atoms with Crippen LogP contribution in [-0.4, -0.2) is 6.04 Å². The van der Waals surface area contributed by atoms with Crippen molar-refractivity contribution in [3.8, 4) is 33.4 Å². The van der Waals surface area contributed by atoms with Crippen LogP contribution in [0.25, 0.3) is 39.0 Å². The van der Waals surface area contributed by atoms with Crippen LogP contribution in [0.4, 0.5) is 11.4 Å². The van der Waals surface area contributed by atoms with E-state index in [1.165, 1.54) is 89.3 Å². The summed E-state index contributed by atoms with van der Waals surface area (Å²) in [5, 5.41) is 0. The maximum absolute atomic E-state index is 2.64. The summed E-state index contributed by atoms with van der Waals surface area (Å²) in [5.41, 5.74) is 20.9. The van der Waals surface area contributed by atoms with Crippen LogP contribution in [-0.2, 0) is 10.8 Å². The second-order valence-corrected chi connectivity index (χ2v) is 15.5. The number of anilines is 2. The van der Waals surface area contributed by atoms with E-state index >= 15 is 0 Å². The van der Waals surface area contributed by atoms with Gasteiger partial charge in [0.1, 0.15) is 0 Å². The fourth-order valence-corrected chi connectivity index (χ4v) is 10.4. The lowest BCUT2D eigenvalue weighted by Crippen LogP contribution is -2.33. The quantitative estimate of drug-likeness (QED) is 0.179. The normalized spacial score (nSPS) is 17.5. The molecule has 7 aromatic carbocycles. The van der Waals surface area contributed by atoms with Crippen molar-refractivity contribution in [1.82, 2.24) is 0 Å². The summed E-state index contributed by atoms with van der Waals surface area (Å²) >= 11 is 0. The Morgan fingerprint density at radius 2 is 0.981 bits per heavy atom. The zero-order valence-corrected chi connectivity index (χ0v) is 30.1. The molecular weight excluding hydrogens is 639 g/mol. The molecule has 1 unspecified atom stereocenters. The molecule has 1 nitrogen and oxygen atoms in total. The maximum Gasteiger partial charge on any atom is 0.0726 e. The molecule has 1 heteroatoms. The summed E-state index contributed by atoms with van der Waals surface area (Å²) in [5.74, 6) is 0. The molecular formula is C52H39N. The van der Waals surface area contributed by atoms with E-state index in [0.29, 0.717) is 0 Å². The molecule has 0 bridgehead atoms. The minimum absolute atomic E-state index is 0.0768. The van der Waals surface area contributed by atoms with E-state index in [2.05, 4.69) is 201 Å². The van der Waals surface area contributed by atoms with Gasteiger partial charge in [0.15, 0.2) is 0 Å². The van der Waals surface area contributed by atoms with Crippen LogP contribution in [0.3, 0.4) is 0 Å². The second kappa shape index (κ2) is 11.2. The number of benzene rings is 7. The fraction of sp³-hybridized carbons (Fsp3) is 0.115. The van der Waals surface area contributed by atoms with E-state index in [9.17, 15) is 0 Å². The summed E-state index contributed by atoms with van der Waals surface area (Å²) < 4.78 is 0. The zero-order valence-electron chi connectivity index (χ0n) is 30.1. The number of allylic oxidation sites excluding steroid dienone is 2. The van der Waals surface area contributed by atoms with Crippen molar-refractivity contribution in [1.29, 1.82) is 0 Å². The Morgan fingerprint density at radius 1 is 0.472 bits per heavy atom. The van der Waals surface area contributed by atoms with Gasteiger partial charge in [-0.15, -0.1) is 0 Å². The Hall–Kier alpha value is -6.18. The molecule has 0 aromatic heterocycles. The molecule has 0 fully saturated rings. The third-order valence-electron chi connectivity index (χ3n) is 12.6. The Bertz CT molecular complexity index is 2630. The Kier molecular flexibility index (Phi) is 6.41. The lowest BCUT2D eigenvalue weighted by Gasteiger charge is -2.38. The van der Waals surface area contributed by atoms with Gasteiger partial charge in [0.05, 0.1) is 11.5 Å². The predicted octanol–water partition coefficient (Wildman–Crippen LogP) is 12.9. The molecule has 4 aliphatic rings. The average molecular weight is 678 g/mol. The SMILES string of the molecule is CC1(C)C2=CC(N(c3ccc4c(c3)C3(c5ccccc5-c5ccccc53)c3ccccc3-4)c3ccccc3-c3ccccc3)CC=C2c2ccccc21. The van der Waals surface area contributed by atoms with Crippen molar-refractivity contribution in [3.05, 3.63) is 221 Å². The van der Waals surface area contributed by atoms with Crippen molar-refractivity contribution in [2.24, 2.45) is 0 Å². The number of fused-ring (bicyclic) bond motifs is 13. The van der Waals surface area contributed by atoms with Gasteiger partial charge in [0.2, 0.25) is 0 Å². The van der Waals surface area contributed by atoms with E-state index in [4.69, 9.17) is 0 Å². The van der Waals surface area contributed by atoms with E-state index in [-0.39, 0.29) is 11.5 Å². The molecule has 0 heterocycles. The van der Waals surface area contributed by atoms with Gasteiger partial charge in [0, 0.05) is 22.4 Å². The van der Waals surface area contributed by atoms with Crippen LogP contribution >= 0.6 is 0 Å². The van der Waals surface area contributed by atoms with Gasteiger partial charge >= 0.3 is 0 Å². The minimum Gasteiger partial charge on any atom is -0.334 e. The van der Waals surface area contributed by atoms with Crippen molar-refractivity contribution >= 4 is 16.9 Å². The number of hydrogen-bond acceptors (Lipinski definition) is 1. The molecule has 1 atom stereocenters. The van der Waals surface area contributed by atoms with Crippen LogP contribution in [0.5, 0.6) is 0 Å². The highest BCUT2D eigenvalue weighted by molar-refractivity contribution is 5.97. The highest BCUT2D eigenvalue weighted by Crippen LogP contribution is 2.63. The Labute approximate surface area is 312 Å². The zero-order chi connectivity index (χ0) is 35.3. The van der Waals surface area contributed by atoms with Gasteiger partial charge in [-0.3, -0.25) is 0 Å². The fourth-order valence-electron chi connectivity index (χ4n) is 10.4. The van der Waals surface area contributed by atoms with E-state index in [1.807, 2.05) is 0 Å². The number of hydrogen-bond donors (Lipinski definition) is 0. The molecule has 7 aromatic rings. The summed E-state index contributed by atoms with van der Waals surface area (Å²) in [6, 6.07) is 63.7. The topological polar surface area (TPSA) is 3.24 Å². The van der Waals surface area contributed by atoms with Gasteiger partial charge in [0.25, 0.3) is 0 Å². The van der Waals surface area contributed by atoms with E-state index < -0.39 is 5.41 Å². The molecule has 252 valence electrons. The van der Waals surface area contributed by atoms with Crippen LogP contribution in [0.2, 0.25) is 0 Å². The molecule has 1 spiro atoms. The van der Waals surface area contributed by atoms with E-state index in [1.54, 1.807) is 0 Å². The lowest BCUT2D eigenvalue weighted by atomic mass is 9.70. The molecule has 0 saturated carbocycles. The lowest BCUT2D eigenvalue weighted by molar-refractivity contribution is 0.644. The van der Waals surface area contributed by atoms with Gasteiger partial charge in [-0.05, 0) is 97.0 Å². The van der Waals surface area contributed by atoms with Crippen LogP contribution in [0.1, 0.15) is 53.6 Å². The summed E-state index contributed by atoms with van der Waals surface area (Å²) in [4.78, 5) is 2.64. The third-order valence-corrected chi connectivity index (χ3v) is 12.6. The smallest absolute Gasteiger partial charge is 0.0726 e. The molecule has 4 aliphatic carbocycles. The number of rotatable bonds is 4. The summed E-state index contributed by atoms with van der Waals surface area (Å²) in [6.45, 7) is 4.79. The molecule has 0 aliphatic heterocycles. The largest absolute Gasteiger partial charge is 0.334 e. The average Bonchev–Trinajstić information content (AvgIpc) is 3.77. The predicted molar refractivity (Wildman–Crippen MR) is 221 cm³/mol. The Morgan fingerprint density at radius 3 is 1.62 bits per heavy atom. The van der Waals surface area contributed by atoms with Gasteiger partial charge in [-0.2, -0.15) is 0 Å². The van der Waals surface area contributed by atoms with Crippen LogP contribution in [0.15, 0.2) is 188 Å². The second-order valence-electron chi connectivity index (χ2n) is 15.5. The third kappa shape index (κ3) is 4.08. The first-order chi connectivity index (χ1) is 26.1. The molecule has 0 saturated heterocycles. The Balaban J connectivity index is 1.17. The van der Waals surface area contributed by atoms with Crippen molar-refractivity contribution < 1.29 is 0 Å². The summed E-state index contributed by atoms with van der Waals surface area (Å²) in [6.07, 6.45) is 6.02. The van der Waals surface area contributed by atoms with Crippen LogP contribution in [0, 0.1) is 0 Å². The molecule has 53 heavy (non-hydrogen) atoms. The van der Waals surface area contributed by atoms with E-state index in [0.717, 1.165) is 6.42 Å². The first-order valence-electron chi connectivity index (χ1n) is 19.0. The molecule has 11 rings (SSSR count). The van der Waals surface area contributed by atoms with Gasteiger partial charge in [-0.25, -0.2) is 0 Å².